The van der Waals surface area contributed by atoms with E-state index in [2.05, 4.69) is 10.3 Å². The van der Waals surface area contributed by atoms with E-state index < -0.39 is 11.9 Å². The number of nitrogens with one attached hydrogen (secondary N) is 1. The van der Waals surface area contributed by atoms with Crippen LogP contribution in [0.15, 0.2) is 42.5 Å². The summed E-state index contributed by atoms with van der Waals surface area (Å²) in [5, 5.41) is 12.9. The lowest BCUT2D eigenvalue weighted by Crippen LogP contribution is -2.31. The van der Waals surface area contributed by atoms with E-state index in [0.717, 1.165) is 11.4 Å². The molecule has 0 spiro atoms. The monoisotopic (exact) mass is 290 g/mol. The van der Waals surface area contributed by atoms with Crippen LogP contribution in [0.25, 0.3) is 0 Å². The Hall–Kier alpha value is -1.98. The largest absolute Gasteiger partial charge is 0.488 e. The molecule has 0 aliphatic rings. The molecule has 0 aliphatic carbocycles. The number of hydrogen-bond acceptors (Lipinski definition) is 4. The van der Waals surface area contributed by atoms with Gasteiger partial charge in [0.2, 0.25) is 0 Å². The van der Waals surface area contributed by atoms with Crippen LogP contribution in [0.4, 0.5) is 4.39 Å². The first kappa shape index (κ1) is 15.4. The highest BCUT2D eigenvalue weighted by Gasteiger charge is 2.07. The van der Waals surface area contributed by atoms with E-state index >= 15 is 0 Å². The van der Waals surface area contributed by atoms with Gasteiger partial charge in [0, 0.05) is 18.8 Å². The molecule has 0 saturated carbocycles. The van der Waals surface area contributed by atoms with E-state index in [0.29, 0.717) is 13.1 Å². The Kier molecular flexibility index (Phi) is 5.66. The molecule has 1 heterocycles. The maximum atomic E-state index is 13.3. The second-order valence-corrected chi connectivity index (χ2v) is 4.80. The van der Waals surface area contributed by atoms with Crippen molar-refractivity contribution in [2.45, 2.75) is 19.6 Å². The number of hydrogen-bond donors (Lipinski definition) is 2. The van der Waals surface area contributed by atoms with Crippen LogP contribution in [0.2, 0.25) is 0 Å². The number of aromatic nitrogens is 1. The number of aryl methyl sites for hydroxylation is 1. The van der Waals surface area contributed by atoms with Crippen LogP contribution < -0.4 is 10.1 Å². The molecular weight excluding hydrogens is 271 g/mol. The van der Waals surface area contributed by atoms with E-state index in [9.17, 15) is 9.50 Å². The first-order chi connectivity index (χ1) is 10.1. The van der Waals surface area contributed by atoms with Gasteiger partial charge in [-0.05, 0) is 31.2 Å². The molecule has 5 heteroatoms. The molecule has 0 fully saturated rings. The third kappa shape index (κ3) is 5.13. The molecule has 4 nitrogen and oxygen atoms in total. The summed E-state index contributed by atoms with van der Waals surface area (Å²) in [7, 11) is 0. The van der Waals surface area contributed by atoms with Crippen molar-refractivity contribution < 1.29 is 14.2 Å². The highest BCUT2D eigenvalue weighted by molar-refractivity contribution is 5.23. The predicted octanol–water partition coefficient (Wildman–Crippen LogP) is 2.06. The van der Waals surface area contributed by atoms with E-state index in [4.69, 9.17) is 4.74 Å². The highest BCUT2D eigenvalue weighted by atomic mass is 19.1. The number of halogens is 1. The molecule has 2 N–H and O–H groups in total. The minimum atomic E-state index is -0.714. The van der Waals surface area contributed by atoms with Crippen molar-refractivity contribution in [2.75, 3.05) is 13.2 Å². The van der Waals surface area contributed by atoms with Gasteiger partial charge in [-0.2, -0.15) is 0 Å². The first-order valence-corrected chi connectivity index (χ1v) is 6.84. The van der Waals surface area contributed by atoms with E-state index in [1.165, 1.54) is 12.1 Å². The molecule has 0 saturated heterocycles. The molecule has 1 atom stereocenters. The summed E-state index contributed by atoms with van der Waals surface area (Å²) in [6, 6.07) is 11.9. The van der Waals surface area contributed by atoms with Crippen LogP contribution in [-0.2, 0) is 6.54 Å². The molecule has 0 bridgehead atoms. The molecule has 1 unspecified atom stereocenters. The van der Waals surface area contributed by atoms with Crippen molar-refractivity contribution >= 4 is 0 Å². The summed E-state index contributed by atoms with van der Waals surface area (Å²) < 4.78 is 18.6. The fourth-order valence-corrected chi connectivity index (χ4v) is 1.87. The molecule has 1 aromatic heterocycles. The van der Waals surface area contributed by atoms with Crippen molar-refractivity contribution in [3.8, 4) is 5.75 Å². The van der Waals surface area contributed by atoms with Gasteiger partial charge < -0.3 is 15.2 Å². The first-order valence-electron chi connectivity index (χ1n) is 6.84. The van der Waals surface area contributed by atoms with Crippen molar-refractivity contribution in [1.82, 2.24) is 10.3 Å². The van der Waals surface area contributed by atoms with Gasteiger partial charge in [-0.3, -0.25) is 4.98 Å². The smallest absolute Gasteiger partial charge is 0.165 e. The predicted molar refractivity (Wildman–Crippen MR) is 78.6 cm³/mol. The number of nitrogens with zero attached hydrogens (tertiary/aromatic N) is 1. The summed E-state index contributed by atoms with van der Waals surface area (Å²) in [5.74, 6) is -0.279. The molecule has 1 aromatic carbocycles. The number of aliphatic hydroxyl groups excluding tert-OH is 1. The topological polar surface area (TPSA) is 54.4 Å². The highest BCUT2D eigenvalue weighted by Crippen LogP contribution is 2.15. The Balaban J connectivity index is 1.70. The minimum absolute atomic E-state index is 0.0369. The summed E-state index contributed by atoms with van der Waals surface area (Å²) in [6.45, 7) is 2.89. The molecule has 0 radical (unpaired) electrons. The van der Waals surface area contributed by atoms with Crippen LogP contribution in [-0.4, -0.2) is 29.3 Å². The Bertz CT molecular complexity index is 578. The van der Waals surface area contributed by atoms with Crippen LogP contribution in [0.5, 0.6) is 5.75 Å². The second-order valence-electron chi connectivity index (χ2n) is 4.80. The Labute approximate surface area is 123 Å². The molecule has 2 aromatic rings. The lowest BCUT2D eigenvalue weighted by Gasteiger charge is -2.13. The number of pyridine rings is 1. The van der Waals surface area contributed by atoms with E-state index in [-0.39, 0.29) is 12.4 Å². The van der Waals surface area contributed by atoms with Crippen molar-refractivity contribution in [1.29, 1.82) is 0 Å². The van der Waals surface area contributed by atoms with Crippen molar-refractivity contribution in [2.24, 2.45) is 0 Å². The zero-order chi connectivity index (χ0) is 15.1. The molecular formula is C16H19FN2O2. The van der Waals surface area contributed by atoms with Gasteiger partial charge >= 0.3 is 0 Å². The van der Waals surface area contributed by atoms with Gasteiger partial charge in [0.1, 0.15) is 12.7 Å². The number of para-hydroxylation sites is 1. The normalized spacial score (nSPS) is 12.1. The van der Waals surface area contributed by atoms with E-state index in [1.54, 1.807) is 12.1 Å². The minimum Gasteiger partial charge on any atom is -0.488 e. The van der Waals surface area contributed by atoms with Crippen LogP contribution >= 0.6 is 0 Å². The Morgan fingerprint density at radius 3 is 2.81 bits per heavy atom. The maximum absolute atomic E-state index is 13.3. The summed E-state index contributed by atoms with van der Waals surface area (Å²) in [5.41, 5.74) is 1.87. The maximum Gasteiger partial charge on any atom is 0.165 e. The Morgan fingerprint density at radius 1 is 1.24 bits per heavy atom. The molecule has 0 aliphatic heterocycles. The average molecular weight is 290 g/mol. The third-order valence-corrected chi connectivity index (χ3v) is 2.90. The fourth-order valence-electron chi connectivity index (χ4n) is 1.87. The molecule has 21 heavy (non-hydrogen) atoms. The summed E-state index contributed by atoms with van der Waals surface area (Å²) >= 11 is 0. The van der Waals surface area contributed by atoms with Crippen LogP contribution in [0, 0.1) is 12.7 Å². The zero-order valence-electron chi connectivity index (χ0n) is 11.9. The van der Waals surface area contributed by atoms with Gasteiger partial charge in [0.05, 0.1) is 5.69 Å². The number of ether oxygens (including phenoxy) is 1. The lowest BCUT2D eigenvalue weighted by molar-refractivity contribution is 0.104. The Morgan fingerprint density at radius 2 is 2.05 bits per heavy atom. The third-order valence-electron chi connectivity index (χ3n) is 2.90. The molecule has 0 amide bonds. The van der Waals surface area contributed by atoms with Crippen LogP contribution in [0.3, 0.4) is 0 Å². The summed E-state index contributed by atoms with van der Waals surface area (Å²) in [4.78, 5) is 4.35. The SMILES string of the molecule is Cc1cccc(CNCC(O)COc2ccccc2F)n1. The molecule has 112 valence electrons. The van der Waals surface area contributed by atoms with Gasteiger partial charge in [0.15, 0.2) is 11.6 Å². The fraction of sp³-hybridized carbons (Fsp3) is 0.312. The average Bonchev–Trinajstić information content (AvgIpc) is 2.46. The van der Waals surface area contributed by atoms with Gasteiger partial charge in [-0.15, -0.1) is 0 Å². The zero-order valence-corrected chi connectivity index (χ0v) is 11.9. The number of benzene rings is 1. The number of rotatable bonds is 7. The van der Waals surface area contributed by atoms with Gasteiger partial charge in [-0.1, -0.05) is 18.2 Å². The summed E-state index contributed by atoms with van der Waals surface area (Å²) in [6.07, 6.45) is -0.714. The second kappa shape index (κ2) is 7.71. The van der Waals surface area contributed by atoms with Gasteiger partial charge in [0.25, 0.3) is 0 Å². The standard InChI is InChI=1S/C16H19FN2O2/c1-12-5-4-6-13(19-12)9-18-10-14(20)11-21-16-8-3-2-7-15(16)17/h2-8,14,18,20H,9-11H2,1H3. The van der Waals surface area contributed by atoms with Crippen molar-refractivity contribution in [3.63, 3.8) is 0 Å². The van der Waals surface area contributed by atoms with Crippen molar-refractivity contribution in [3.05, 3.63) is 59.7 Å². The van der Waals surface area contributed by atoms with Crippen LogP contribution in [0.1, 0.15) is 11.4 Å². The lowest BCUT2D eigenvalue weighted by atomic mass is 10.3. The van der Waals surface area contributed by atoms with Gasteiger partial charge in [-0.25, -0.2) is 4.39 Å². The molecule has 2 rings (SSSR count). The quantitative estimate of drug-likeness (QED) is 0.819. The van der Waals surface area contributed by atoms with E-state index in [1.807, 2.05) is 25.1 Å². The number of aliphatic hydroxyl groups is 1.